The number of carbonyl (C=O) groups is 1. The van der Waals surface area contributed by atoms with E-state index in [4.69, 9.17) is 19.6 Å². The number of hydrogen-bond donors (Lipinski definition) is 3. The Morgan fingerprint density at radius 2 is 1.98 bits per heavy atom. The van der Waals surface area contributed by atoms with Gasteiger partial charge in [0.15, 0.2) is 23.0 Å². The molecule has 218 valence electrons. The molecule has 3 aliphatic carbocycles. The van der Waals surface area contributed by atoms with E-state index in [9.17, 15) is 14.3 Å². The minimum atomic E-state index is -4.68. The number of rotatable bonds is 13. The van der Waals surface area contributed by atoms with Crippen molar-refractivity contribution >= 4 is 42.4 Å². The summed E-state index contributed by atoms with van der Waals surface area (Å²) in [7, 11) is -4.68. The quantitative estimate of drug-likeness (QED) is 0.151. The first kappa shape index (κ1) is 27.6. The monoisotopic (exact) mass is 583 g/mol. The SMILES string of the molecule is C[C@@H](C(=O)OP(=O)(O)OC[C@@H]1C=C[C@H](n2cnc3c(NC4CC4)nc(N)nc32)C1)N(OCC1CC1)c1ccccc1. The number of hydrogen-bond acceptors (Lipinski definition) is 11. The number of imidazole rings is 1. The van der Waals surface area contributed by atoms with Crippen LogP contribution in [0.4, 0.5) is 17.5 Å². The fraction of sp³-hybridized carbons (Fsp3) is 0.481. The van der Waals surface area contributed by atoms with Crippen LogP contribution in [0.15, 0.2) is 48.8 Å². The predicted octanol–water partition coefficient (Wildman–Crippen LogP) is 4.00. The third-order valence-electron chi connectivity index (χ3n) is 7.37. The van der Waals surface area contributed by atoms with Gasteiger partial charge in [-0.25, -0.2) is 19.4 Å². The summed E-state index contributed by atoms with van der Waals surface area (Å²) in [5.74, 6) is 0.113. The molecule has 13 nitrogen and oxygen atoms in total. The second-order valence-electron chi connectivity index (χ2n) is 10.9. The second-order valence-corrected chi connectivity index (χ2v) is 12.3. The van der Waals surface area contributed by atoms with Crippen LogP contribution in [0.5, 0.6) is 0 Å². The Kier molecular flexibility index (Phi) is 7.69. The molecule has 2 saturated carbocycles. The van der Waals surface area contributed by atoms with Crippen LogP contribution in [0.25, 0.3) is 11.2 Å². The lowest BCUT2D eigenvalue weighted by Gasteiger charge is -2.29. The molecule has 0 amide bonds. The number of nitrogens with two attached hydrogens (primary N) is 1. The van der Waals surface area contributed by atoms with Crippen molar-refractivity contribution in [1.82, 2.24) is 19.5 Å². The topological polar surface area (TPSA) is 167 Å². The highest BCUT2D eigenvalue weighted by atomic mass is 31.2. The van der Waals surface area contributed by atoms with Crippen molar-refractivity contribution in [2.45, 2.75) is 57.2 Å². The summed E-state index contributed by atoms with van der Waals surface area (Å²) in [5.41, 5.74) is 7.86. The van der Waals surface area contributed by atoms with Gasteiger partial charge in [-0.3, -0.25) is 14.3 Å². The Morgan fingerprint density at radius 1 is 1.20 bits per heavy atom. The standard InChI is InChI=1S/C27H34N7O6P/c1-17(34(38-14-18-7-8-18)21-5-3-2-4-6-21)26(35)40-41(36,37)39-15-19-9-12-22(13-19)33-16-29-23-24(30-20-10-11-20)31-27(28)32-25(23)33/h2-6,9,12,16-20,22H,7-8,10-11,13-15H2,1H3,(H,36,37)(H3,28,30,31,32)/t17-,19+,22-/m0/s1. The maximum atomic E-state index is 12.9. The van der Waals surface area contributed by atoms with Gasteiger partial charge in [0.1, 0.15) is 0 Å². The molecule has 0 saturated heterocycles. The molecule has 2 aromatic heterocycles. The number of anilines is 3. The van der Waals surface area contributed by atoms with Crippen LogP contribution in [-0.2, 0) is 23.2 Å². The van der Waals surface area contributed by atoms with Gasteiger partial charge >= 0.3 is 13.8 Å². The Balaban J connectivity index is 1.05. The third-order valence-corrected chi connectivity index (χ3v) is 8.26. The number of hydroxylamine groups is 1. The van der Waals surface area contributed by atoms with Crippen LogP contribution >= 0.6 is 7.82 Å². The van der Waals surface area contributed by atoms with Crippen LogP contribution in [0.1, 0.15) is 45.1 Å². The van der Waals surface area contributed by atoms with E-state index in [2.05, 4.69) is 20.3 Å². The fourth-order valence-corrected chi connectivity index (χ4v) is 5.55. The van der Waals surface area contributed by atoms with Gasteiger partial charge in [0.25, 0.3) is 0 Å². The summed E-state index contributed by atoms with van der Waals surface area (Å²) in [6, 6.07) is 8.38. The molecule has 0 bridgehead atoms. The van der Waals surface area contributed by atoms with Crippen LogP contribution in [0, 0.1) is 11.8 Å². The molecule has 41 heavy (non-hydrogen) atoms. The Labute approximate surface area is 237 Å². The maximum absolute atomic E-state index is 12.9. The number of nitrogens with zero attached hydrogens (tertiary/aromatic N) is 5. The molecule has 4 atom stereocenters. The Bertz CT molecular complexity index is 1480. The first-order valence-electron chi connectivity index (χ1n) is 13.9. The van der Waals surface area contributed by atoms with Crippen molar-refractivity contribution in [2.24, 2.45) is 11.8 Å². The minimum Gasteiger partial charge on any atom is -0.369 e. The number of nitrogen functional groups attached to an aromatic ring is 1. The molecule has 0 spiro atoms. The van der Waals surface area contributed by atoms with Crippen molar-refractivity contribution in [1.29, 1.82) is 0 Å². The largest absolute Gasteiger partial charge is 0.529 e. The van der Waals surface area contributed by atoms with Gasteiger partial charge in [0.2, 0.25) is 5.95 Å². The average Bonchev–Trinajstić information content (AvgIpc) is 3.86. The zero-order valence-corrected chi connectivity index (χ0v) is 23.6. The van der Waals surface area contributed by atoms with Crippen molar-refractivity contribution in [3.63, 3.8) is 0 Å². The summed E-state index contributed by atoms with van der Waals surface area (Å²) >= 11 is 0. The molecule has 1 unspecified atom stereocenters. The minimum absolute atomic E-state index is 0.110. The summed E-state index contributed by atoms with van der Waals surface area (Å²) in [6.07, 6.45) is 10.5. The fourth-order valence-electron chi connectivity index (χ4n) is 4.74. The Morgan fingerprint density at radius 3 is 2.71 bits per heavy atom. The van der Waals surface area contributed by atoms with Gasteiger partial charge in [0, 0.05) is 12.0 Å². The second kappa shape index (κ2) is 11.4. The van der Waals surface area contributed by atoms with Gasteiger partial charge in [-0.1, -0.05) is 30.4 Å². The summed E-state index contributed by atoms with van der Waals surface area (Å²) in [6.45, 7) is 1.91. The molecule has 0 aliphatic heterocycles. The first-order valence-corrected chi connectivity index (χ1v) is 15.4. The highest BCUT2D eigenvalue weighted by Crippen LogP contribution is 2.45. The lowest BCUT2D eigenvalue weighted by atomic mass is 10.1. The number of benzene rings is 1. The molecule has 3 aromatic rings. The molecule has 4 N–H and O–H groups in total. The normalized spacial score (nSPS) is 22.4. The van der Waals surface area contributed by atoms with E-state index >= 15 is 0 Å². The summed E-state index contributed by atoms with van der Waals surface area (Å²) < 4.78 is 24.8. The number of aromatic nitrogens is 4. The molecular formula is C27H34N7O6P. The lowest BCUT2D eigenvalue weighted by Crippen LogP contribution is -2.40. The van der Waals surface area contributed by atoms with E-state index in [-0.39, 0.29) is 24.5 Å². The summed E-state index contributed by atoms with van der Waals surface area (Å²) in [4.78, 5) is 42.3. The number of carbonyl (C=O) groups excluding carboxylic acids is 1. The van der Waals surface area contributed by atoms with Crippen molar-refractivity contribution in [3.8, 4) is 0 Å². The maximum Gasteiger partial charge on any atom is 0.529 e. The molecule has 14 heteroatoms. The van der Waals surface area contributed by atoms with Crippen LogP contribution < -0.4 is 16.1 Å². The van der Waals surface area contributed by atoms with Crippen molar-refractivity contribution < 1.29 is 28.1 Å². The molecule has 2 heterocycles. The van der Waals surface area contributed by atoms with E-state index < -0.39 is 19.8 Å². The number of nitrogens with one attached hydrogen (secondary N) is 1. The van der Waals surface area contributed by atoms with E-state index in [1.54, 1.807) is 25.4 Å². The van der Waals surface area contributed by atoms with Gasteiger partial charge < -0.3 is 20.1 Å². The number of phosphoric ester groups is 1. The third kappa shape index (κ3) is 6.70. The molecule has 6 rings (SSSR count). The zero-order valence-electron chi connectivity index (χ0n) is 22.7. The molecule has 1 aromatic carbocycles. The molecule has 2 fully saturated rings. The van der Waals surface area contributed by atoms with E-state index in [1.807, 2.05) is 34.9 Å². The highest BCUT2D eigenvalue weighted by Gasteiger charge is 2.35. The van der Waals surface area contributed by atoms with Gasteiger partial charge in [-0.05, 0) is 57.1 Å². The van der Waals surface area contributed by atoms with Gasteiger partial charge in [-0.15, -0.1) is 0 Å². The molecule has 3 aliphatic rings. The van der Waals surface area contributed by atoms with Crippen molar-refractivity contribution in [3.05, 3.63) is 48.8 Å². The molecular weight excluding hydrogens is 549 g/mol. The number of fused-ring (bicyclic) bond motifs is 1. The number of allylic oxidation sites excluding steroid dienone is 1. The predicted molar refractivity (Wildman–Crippen MR) is 152 cm³/mol. The van der Waals surface area contributed by atoms with Crippen LogP contribution in [0.2, 0.25) is 0 Å². The first-order chi connectivity index (χ1) is 19.8. The zero-order chi connectivity index (χ0) is 28.6. The van der Waals surface area contributed by atoms with E-state index in [0.29, 0.717) is 47.7 Å². The van der Waals surface area contributed by atoms with Crippen LogP contribution in [0.3, 0.4) is 0 Å². The average molecular weight is 584 g/mol. The Hall–Kier alpha value is -3.51. The lowest BCUT2D eigenvalue weighted by molar-refractivity contribution is -0.139. The van der Waals surface area contributed by atoms with Crippen LogP contribution in [-0.4, -0.2) is 55.7 Å². The smallest absolute Gasteiger partial charge is 0.369 e. The van der Waals surface area contributed by atoms with E-state index in [0.717, 1.165) is 25.7 Å². The van der Waals surface area contributed by atoms with Gasteiger partial charge in [0.05, 0.1) is 31.3 Å². The van der Waals surface area contributed by atoms with E-state index in [1.165, 1.54) is 5.06 Å². The number of phosphoric acid groups is 1. The summed E-state index contributed by atoms with van der Waals surface area (Å²) in [5, 5.41) is 4.77. The molecule has 0 radical (unpaired) electrons. The van der Waals surface area contributed by atoms with Crippen molar-refractivity contribution in [2.75, 3.05) is 29.3 Å². The highest BCUT2D eigenvalue weighted by molar-refractivity contribution is 7.48. The van der Waals surface area contributed by atoms with Gasteiger partial charge in [-0.2, -0.15) is 9.97 Å². The number of para-hydroxylation sites is 1.